The van der Waals surface area contributed by atoms with E-state index in [9.17, 15) is 4.79 Å². The third-order valence-electron chi connectivity index (χ3n) is 2.89. The van der Waals surface area contributed by atoms with Crippen LogP contribution in [0.3, 0.4) is 0 Å². The van der Waals surface area contributed by atoms with Crippen molar-refractivity contribution in [3.8, 4) is 5.75 Å². The molecule has 5 nitrogen and oxygen atoms in total. The molecule has 19 heavy (non-hydrogen) atoms. The highest BCUT2D eigenvalue weighted by molar-refractivity contribution is 5.93. The second kappa shape index (κ2) is 5.48. The van der Waals surface area contributed by atoms with Crippen molar-refractivity contribution >= 4 is 11.6 Å². The average molecular weight is 259 g/mol. The number of nitrogens with two attached hydrogens (primary N) is 1. The fourth-order valence-corrected chi connectivity index (χ4v) is 1.89. The molecule has 0 saturated heterocycles. The number of nitrogens with one attached hydrogen (secondary N) is 1. The number of nitrogens with zero attached hydrogens (tertiary/aromatic N) is 1. The summed E-state index contributed by atoms with van der Waals surface area (Å²) >= 11 is 0. The highest BCUT2D eigenvalue weighted by atomic mass is 16.3. The Balaban J connectivity index is 1.87. The first-order chi connectivity index (χ1) is 9.06. The summed E-state index contributed by atoms with van der Waals surface area (Å²) in [6, 6.07) is 8.59. The van der Waals surface area contributed by atoms with Crippen LogP contribution < -0.4 is 11.1 Å². The lowest BCUT2D eigenvalue weighted by molar-refractivity contribution is 0.0946. The molecule has 1 aromatic heterocycles. The SMILES string of the molecule is Cn1cc(N)cc1C(=O)NCCc1ccc(O)cc1. The Morgan fingerprint density at radius 2 is 2.05 bits per heavy atom. The van der Waals surface area contributed by atoms with Gasteiger partial charge in [0.1, 0.15) is 11.4 Å². The number of aromatic hydroxyl groups is 1. The van der Waals surface area contributed by atoms with Crippen molar-refractivity contribution in [3.05, 3.63) is 47.8 Å². The fourth-order valence-electron chi connectivity index (χ4n) is 1.89. The third-order valence-corrected chi connectivity index (χ3v) is 2.89. The van der Waals surface area contributed by atoms with Gasteiger partial charge in [0.15, 0.2) is 0 Å². The second-order valence-corrected chi connectivity index (χ2v) is 4.44. The first-order valence-electron chi connectivity index (χ1n) is 6.04. The van der Waals surface area contributed by atoms with Crippen molar-refractivity contribution in [3.63, 3.8) is 0 Å². The molecule has 1 heterocycles. The van der Waals surface area contributed by atoms with E-state index >= 15 is 0 Å². The molecule has 0 aliphatic heterocycles. The first kappa shape index (κ1) is 13.0. The van der Waals surface area contributed by atoms with E-state index in [1.165, 1.54) is 0 Å². The zero-order valence-corrected chi connectivity index (χ0v) is 10.8. The number of benzene rings is 1. The molecule has 100 valence electrons. The summed E-state index contributed by atoms with van der Waals surface area (Å²) in [6.45, 7) is 0.536. The minimum Gasteiger partial charge on any atom is -0.508 e. The van der Waals surface area contributed by atoms with Gasteiger partial charge in [-0.25, -0.2) is 0 Å². The number of hydrogen-bond donors (Lipinski definition) is 3. The minimum absolute atomic E-state index is 0.141. The van der Waals surface area contributed by atoms with E-state index in [1.54, 1.807) is 36.0 Å². The molecule has 1 aromatic carbocycles. The fraction of sp³-hybridized carbons (Fsp3) is 0.214. The summed E-state index contributed by atoms with van der Waals surface area (Å²) < 4.78 is 1.70. The van der Waals surface area contributed by atoms with Gasteiger partial charge in [-0.3, -0.25) is 4.79 Å². The van der Waals surface area contributed by atoms with E-state index < -0.39 is 0 Å². The van der Waals surface area contributed by atoms with Gasteiger partial charge in [0.2, 0.25) is 0 Å². The number of aromatic nitrogens is 1. The smallest absolute Gasteiger partial charge is 0.267 e. The van der Waals surface area contributed by atoms with Crippen LogP contribution in [0, 0.1) is 0 Å². The maximum absolute atomic E-state index is 11.9. The quantitative estimate of drug-likeness (QED) is 0.774. The Morgan fingerprint density at radius 3 is 2.63 bits per heavy atom. The number of anilines is 1. The van der Waals surface area contributed by atoms with Crippen LogP contribution in [0.5, 0.6) is 5.75 Å². The van der Waals surface area contributed by atoms with Crippen molar-refractivity contribution < 1.29 is 9.90 Å². The Bertz CT molecular complexity index is 573. The molecular weight excluding hydrogens is 242 g/mol. The molecular formula is C14H17N3O2. The number of phenolic OH excluding ortho intramolecular Hbond substituents is 1. The molecule has 0 atom stereocenters. The van der Waals surface area contributed by atoms with E-state index in [4.69, 9.17) is 10.8 Å². The molecule has 0 aliphatic rings. The molecule has 0 aliphatic carbocycles. The molecule has 0 spiro atoms. The Morgan fingerprint density at radius 1 is 1.37 bits per heavy atom. The standard InChI is InChI=1S/C14H17N3O2/c1-17-9-11(15)8-13(17)14(19)16-7-6-10-2-4-12(18)5-3-10/h2-5,8-9,18H,6-7,15H2,1H3,(H,16,19). The van der Waals surface area contributed by atoms with Crippen molar-refractivity contribution in [1.29, 1.82) is 0 Å². The van der Waals surface area contributed by atoms with Gasteiger partial charge < -0.3 is 20.7 Å². The molecule has 0 radical (unpaired) electrons. The van der Waals surface area contributed by atoms with E-state index in [1.807, 2.05) is 12.1 Å². The van der Waals surface area contributed by atoms with Crippen molar-refractivity contribution in [2.24, 2.45) is 7.05 Å². The number of phenols is 1. The lowest BCUT2D eigenvalue weighted by Crippen LogP contribution is -2.27. The van der Waals surface area contributed by atoms with Crippen LogP contribution in [0.15, 0.2) is 36.5 Å². The average Bonchev–Trinajstić information content (AvgIpc) is 2.71. The molecule has 5 heteroatoms. The number of carbonyl (C=O) groups is 1. The predicted molar refractivity (Wildman–Crippen MR) is 74.0 cm³/mol. The number of rotatable bonds is 4. The van der Waals surface area contributed by atoms with Gasteiger partial charge >= 0.3 is 0 Å². The minimum atomic E-state index is -0.141. The van der Waals surface area contributed by atoms with Crippen LogP contribution in [-0.4, -0.2) is 22.1 Å². The molecule has 0 saturated carbocycles. The zero-order valence-electron chi connectivity index (χ0n) is 10.8. The van der Waals surface area contributed by atoms with Crippen LogP contribution >= 0.6 is 0 Å². The van der Waals surface area contributed by atoms with Gasteiger partial charge in [-0.15, -0.1) is 0 Å². The number of amides is 1. The lowest BCUT2D eigenvalue weighted by atomic mass is 10.1. The van der Waals surface area contributed by atoms with Gasteiger partial charge in [0, 0.05) is 19.8 Å². The predicted octanol–water partition coefficient (Wildman–Crippen LogP) is 1.29. The highest BCUT2D eigenvalue weighted by Gasteiger charge is 2.09. The van der Waals surface area contributed by atoms with Crippen LogP contribution in [0.1, 0.15) is 16.1 Å². The monoisotopic (exact) mass is 259 g/mol. The van der Waals surface area contributed by atoms with Crippen molar-refractivity contribution in [2.75, 3.05) is 12.3 Å². The third kappa shape index (κ3) is 3.28. The van der Waals surface area contributed by atoms with Gasteiger partial charge in [-0.05, 0) is 30.2 Å². The topological polar surface area (TPSA) is 80.3 Å². The number of hydrogen-bond acceptors (Lipinski definition) is 3. The molecule has 1 amide bonds. The van der Waals surface area contributed by atoms with Crippen LogP contribution in [0.4, 0.5) is 5.69 Å². The van der Waals surface area contributed by atoms with E-state index in [0.29, 0.717) is 24.3 Å². The largest absolute Gasteiger partial charge is 0.508 e. The van der Waals surface area contributed by atoms with Gasteiger partial charge in [-0.2, -0.15) is 0 Å². The molecule has 0 unspecified atom stereocenters. The van der Waals surface area contributed by atoms with E-state index in [-0.39, 0.29) is 11.7 Å². The van der Waals surface area contributed by atoms with Crippen LogP contribution in [0.2, 0.25) is 0 Å². The van der Waals surface area contributed by atoms with Crippen LogP contribution in [0.25, 0.3) is 0 Å². The van der Waals surface area contributed by atoms with E-state index in [2.05, 4.69) is 5.32 Å². The van der Waals surface area contributed by atoms with Crippen molar-refractivity contribution in [1.82, 2.24) is 9.88 Å². The second-order valence-electron chi connectivity index (χ2n) is 4.44. The Kier molecular flexibility index (Phi) is 3.75. The molecule has 4 N–H and O–H groups in total. The molecule has 2 rings (SSSR count). The summed E-state index contributed by atoms with van der Waals surface area (Å²) in [7, 11) is 1.78. The summed E-state index contributed by atoms with van der Waals surface area (Å²) in [5.74, 6) is 0.102. The van der Waals surface area contributed by atoms with Crippen LogP contribution in [-0.2, 0) is 13.5 Å². The maximum atomic E-state index is 11.9. The zero-order chi connectivity index (χ0) is 13.8. The molecule has 0 bridgehead atoms. The first-order valence-corrected chi connectivity index (χ1v) is 6.04. The van der Waals surface area contributed by atoms with E-state index in [0.717, 1.165) is 5.56 Å². The summed E-state index contributed by atoms with van der Waals surface area (Å²) in [4.78, 5) is 11.9. The normalized spacial score (nSPS) is 10.4. The van der Waals surface area contributed by atoms with Gasteiger partial charge in [-0.1, -0.05) is 12.1 Å². The highest BCUT2D eigenvalue weighted by Crippen LogP contribution is 2.10. The lowest BCUT2D eigenvalue weighted by Gasteiger charge is -2.06. The Hall–Kier alpha value is -2.43. The number of carbonyl (C=O) groups excluding carboxylic acids is 1. The number of aryl methyl sites for hydroxylation is 1. The summed E-state index contributed by atoms with van der Waals surface area (Å²) in [6.07, 6.45) is 2.42. The van der Waals surface area contributed by atoms with Gasteiger partial charge in [0.05, 0.1) is 5.69 Å². The molecule has 2 aromatic rings. The van der Waals surface area contributed by atoms with Gasteiger partial charge in [0.25, 0.3) is 5.91 Å². The Labute approximate surface area is 111 Å². The molecule has 0 fully saturated rings. The van der Waals surface area contributed by atoms with Crippen molar-refractivity contribution in [2.45, 2.75) is 6.42 Å². The summed E-state index contributed by atoms with van der Waals surface area (Å²) in [5.41, 5.74) is 7.81. The summed E-state index contributed by atoms with van der Waals surface area (Å²) in [5, 5.41) is 12.0. The maximum Gasteiger partial charge on any atom is 0.267 e. The number of nitrogen functional groups attached to an aromatic ring is 1.